The molecule has 0 aliphatic carbocycles. The van der Waals surface area contributed by atoms with Crippen molar-refractivity contribution >= 4 is 66.6 Å². The Morgan fingerprint density at radius 3 is 2.61 bits per heavy atom. The zero-order valence-electron chi connectivity index (χ0n) is 16.8. The van der Waals surface area contributed by atoms with Crippen molar-refractivity contribution in [2.45, 2.75) is 5.16 Å². The summed E-state index contributed by atoms with van der Waals surface area (Å²) in [5.41, 5.74) is 3.55. The number of fused-ring (bicyclic) bond motifs is 1. The quantitative estimate of drug-likeness (QED) is 0.143. The largest absolute Gasteiger partial charge is 0.272 e. The number of hydrazone groups is 1. The first kappa shape index (κ1) is 23.3. The molecule has 1 heterocycles. The van der Waals surface area contributed by atoms with Crippen LogP contribution in [0.15, 0.2) is 90.7 Å². The van der Waals surface area contributed by atoms with Crippen LogP contribution in [-0.4, -0.2) is 27.4 Å². The molecule has 0 atom stereocenters. The number of aromatic nitrogens is 2. The summed E-state index contributed by atoms with van der Waals surface area (Å²) in [5.74, 6) is -0.916. The topological polar surface area (TPSA) is 76.3 Å². The van der Waals surface area contributed by atoms with Crippen LogP contribution in [0.3, 0.4) is 0 Å². The second-order valence-corrected chi connectivity index (χ2v) is 9.55. The van der Waals surface area contributed by atoms with Crippen LogP contribution >= 0.6 is 43.6 Å². The number of nitrogens with zero attached hydrogens (tertiary/aromatic N) is 3. The predicted octanol–water partition coefficient (Wildman–Crippen LogP) is 5.29. The number of carbonyl (C=O) groups excluding carboxylic acids is 1. The summed E-state index contributed by atoms with van der Waals surface area (Å²) in [6, 6.07) is 18.7. The Morgan fingerprint density at radius 1 is 1.09 bits per heavy atom. The van der Waals surface area contributed by atoms with Crippen molar-refractivity contribution in [3.8, 4) is 5.69 Å². The van der Waals surface area contributed by atoms with Gasteiger partial charge in [0.25, 0.3) is 11.5 Å². The fourth-order valence-electron chi connectivity index (χ4n) is 2.98. The average Bonchev–Trinajstić information content (AvgIpc) is 2.81. The highest BCUT2D eigenvalue weighted by molar-refractivity contribution is 9.10. The van der Waals surface area contributed by atoms with Gasteiger partial charge < -0.3 is 0 Å². The lowest BCUT2D eigenvalue weighted by Crippen LogP contribution is -2.24. The van der Waals surface area contributed by atoms with Crippen molar-refractivity contribution in [2.75, 3.05) is 5.75 Å². The molecule has 10 heteroatoms. The molecule has 1 aromatic heterocycles. The Balaban J connectivity index is 1.56. The molecular formula is C23H15Br2FN4O2S. The minimum atomic E-state index is -0.454. The van der Waals surface area contributed by atoms with Gasteiger partial charge in [0.15, 0.2) is 5.16 Å². The van der Waals surface area contributed by atoms with Gasteiger partial charge in [-0.1, -0.05) is 55.8 Å². The SMILES string of the molecule is O=C(CSc1nc2ccccc2c(=O)n1-c1ccc(Br)cc1)N/N=C\c1cc(Br)ccc1F. The maximum absolute atomic E-state index is 13.8. The zero-order valence-corrected chi connectivity index (χ0v) is 20.8. The van der Waals surface area contributed by atoms with Gasteiger partial charge >= 0.3 is 0 Å². The predicted molar refractivity (Wildman–Crippen MR) is 136 cm³/mol. The summed E-state index contributed by atoms with van der Waals surface area (Å²) in [7, 11) is 0. The molecule has 0 spiro atoms. The standard InChI is InChI=1S/C23H15Br2FN4O2S/c24-15-5-8-17(9-6-15)30-22(32)18-3-1-2-4-20(18)28-23(30)33-13-21(31)29-27-12-14-11-16(25)7-10-19(14)26/h1-12H,13H2,(H,29,31)/b27-12-. The van der Waals surface area contributed by atoms with Gasteiger partial charge in [-0.05, 0) is 54.6 Å². The van der Waals surface area contributed by atoms with Crippen LogP contribution in [0.2, 0.25) is 0 Å². The van der Waals surface area contributed by atoms with Crippen LogP contribution in [0.5, 0.6) is 0 Å². The molecule has 0 saturated heterocycles. The molecule has 4 aromatic rings. The highest BCUT2D eigenvalue weighted by Crippen LogP contribution is 2.22. The van der Waals surface area contributed by atoms with Gasteiger partial charge in [-0.15, -0.1) is 0 Å². The van der Waals surface area contributed by atoms with Gasteiger partial charge in [0.05, 0.1) is 28.6 Å². The minimum Gasteiger partial charge on any atom is -0.272 e. The highest BCUT2D eigenvalue weighted by atomic mass is 79.9. The maximum atomic E-state index is 13.8. The molecule has 0 unspecified atom stereocenters. The average molecular weight is 590 g/mol. The summed E-state index contributed by atoms with van der Waals surface area (Å²) >= 11 is 7.77. The Labute approximate surface area is 209 Å². The number of benzene rings is 3. The molecular weight excluding hydrogens is 575 g/mol. The Bertz CT molecular complexity index is 1420. The Kier molecular flexibility index (Phi) is 7.36. The first-order valence-corrected chi connectivity index (χ1v) is 12.2. The molecule has 0 bridgehead atoms. The van der Waals surface area contributed by atoms with E-state index in [-0.39, 0.29) is 16.9 Å². The fraction of sp³-hybridized carbons (Fsp3) is 0.0435. The maximum Gasteiger partial charge on any atom is 0.266 e. The van der Waals surface area contributed by atoms with Crippen LogP contribution < -0.4 is 11.0 Å². The number of thioether (sulfide) groups is 1. The first-order valence-electron chi connectivity index (χ1n) is 9.60. The number of rotatable bonds is 6. The van der Waals surface area contributed by atoms with E-state index in [1.165, 1.54) is 16.8 Å². The van der Waals surface area contributed by atoms with E-state index in [9.17, 15) is 14.0 Å². The second kappa shape index (κ2) is 10.4. The van der Waals surface area contributed by atoms with Gasteiger partial charge in [-0.2, -0.15) is 5.10 Å². The molecule has 3 aromatic carbocycles. The molecule has 166 valence electrons. The number of para-hydroxylation sites is 1. The number of halogens is 3. The molecule has 0 aliphatic heterocycles. The lowest BCUT2D eigenvalue weighted by molar-refractivity contribution is -0.118. The highest BCUT2D eigenvalue weighted by Gasteiger charge is 2.14. The number of hydrogen-bond donors (Lipinski definition) is 1. The van der Waals surface area contributed by atoms with Gasteiger partial charge in [0, 0.05) is 14.5 Å². The van der Waals surface area contributed by atoms with Crippen molar-refractivity contribution in [1.29, 1.82) is 0 Å². The van der Waals surface area contributed by atoms with E-state index in [0.29, 0.717) is 26.2 Å². The lowest BCUT2D eigenvalue weighted by atomic mass is 10.2. The van der Waals surface area contributed by atoms with Crippen LogP contribution in [0.4, 0.5) is 4.39 Å². The van der Waals surface area contributed by atoms with Crippen molar-refractivity contribution in [3.63, 3.8) is 0 Å². The first-order chi connectivity index (χ1) is 15.9. The number of nitrogens with one attached hydrogen (secondary N) is 1. The Hall–Kier alpha value is -2.82. The van der Waals surface area contributed by atoms with Crippen LogP contribution in [0.1, 0.15) is 5.56 Å². The van der Waals surface area contributed by atoms with E-state index in [2.05, 4.69) is 47.4 Å². The molecule has 33 heavy (non-hydrogen) atoms. The summed E-state index contributed by atoms with van der Waals surface area (Å²) in [5, 5.41) is 4.68. The fourth-order valence-corrected chi connectivity index (χ4v) is 4.42. The molecule has 4 rings (SSSR count). The number of amides is 1. The molecule has 0 radical (unpaired) electrons. The lowest BCUT2D eigenvalue weighted by Gasteiger charge is -2.13. The summed E-state index contributed by atoms with van der Waals surface area (Å²) in [6.45, 7) is 0. The van der Waals surface area contributed by atoms with E-state index in [1.807, 2.05) is 12.1 Å². The smallest absolute Gasteiger partial charge is 0.266 e. The van der Waals surface area contributed by atoms with Gasteiger partial charge in [0.2, 0.25) is 0 Å². The molecule has 6 nitrogen and oxygen atoms in total. The third-order valence-electron chi connectivity index (χ3n) is 4.51. The van der Waals surface area contributed by atoms with Crippen molar-refractivity contribution < 1.29 is 9.18 Å². The number of carbonyl (C=O) groups is 1. The molecule has 0 fully saturated rings. The van der Waals surface area contributed by atoms with Crippen LogP contribution in [-0.2, 0) is 4.79 Å². The van der Waals surface area contributed by atoms with Crippen molar-refractivity contribution in [3.05, 3.63) is 97.4 Å². The minimum absolute atomic E-state index is 0.0420. The van der Waals surface area contributed by atoms with Gasteiger partial charge in [0.1, 0.15) is 5.82 Å². The second-order valence-electron chi connectivity index (χ2n) is 6.78. The third-order valence-corrected chi connectivity index (χ3v) is 6.47. The van der Waals surface area contributed by atoms with E-state index < -0.39 is 11.7 Å². The van der Waals surface area contributed by atoms with Crippen molar-refractivity contribution in [1.82, 2.24) is 15.0 Å². The van der Waals surface area contributed by atoms with Crippen molar-refractivity contribution in [2.24, 2.45) is 5.10 Å². The van der Waals surface area contributed by atoms with E-state index in [1.54, 1.807) is 48.5 Å². The normalized spacial score (nSPS) is 11.2. The summed E-state index contributed by atoms with van der Waals surface area (Å²) < 4.78 is 16.8. The molecule has 0 aliphatic rings. The van der Waals surface area contributed by atoms with Crippen LogP contribution in [0.25, 0.3) is 16.6 Å². The zero-order chi connectivity index (χ0) is 23.4. The van der Waals surface area contributed by atoms with Gasteiger partial charge in [-0.25, -0.2) is 14.8 Å². The number of hydrogen-bond acceptors (Lipinski definition) is 5. The summed E-state index contributed by atoms with van der Waals surface area (Å²) in [4.78, 5) is 30.1. The molecule has 1 amide bonds. The third kappa shape index (κ3) is 5.58. The monoisotopic (exact) mass is 588 g/mol. The van der Waals surface area contributed by atoms with Crippen LogP contribution in [0, 0.1) is 5.82 Å². The molecule has 1 N–H and O–H groups in total. The summed E-state index contributed by atoms with van der Waals surface area (Å²) in [6.07, 6.45) is 1.23. The molecule has 0 saturated carbocycles. The Morgan fingerprint density at radius 2 is 1.82 bits per heavy atom. The van der Waals surface area contributed by atoms with E-state index in [4.69, 9.17) is 0 Å². The van der Waals surface area contributed by atoms with Gasteiger partial charge in [-0.3, -0.25) is 14.2 Å². The van der Waals surface area contributed by atoms with E-state index in [0.717, 1.165) is 16.2 Å². The van der Waals surface area contributed by atoms with E-state index >= 15 is 0 Å².